The van der Waals surface area contributed by atoms with Crippen LogP contribution < -0.4 is 19.6 Å². The van der Waals surface area contributed by atoms with E-state index in [-0.39, 0.29) is 12.3 Å². The fraction of sp³-hybridized carbons (Fsp3) is 0.250. The fourth-order valence-corrected chi connectivity index (χ4v) is 4.65. The van der Waals surface area contributed by atoms with Crippen LogP contribution in [0.3, 0.4) is 0 Å². The largest absolute Gasteiger partial charge is 0.494 e. The standard InChI is InChI=1S/C24H24N2O3S/c1-3-27-17-12-10-16(11-13-17)24-26-20(15-19(25-26)22-9-6-14-30-22)18-7-5-8-21(28-4-2)23(18)29-24/h5-15,20,24-25H,3-4H2,1-2H3. The molecule has 3 aromatic rings. The Bertz CT molecular complexity index is 1050. The van der Waals surface area contributed by atoms with Gasteiger partial charge < -0.3 is 19.6 Å². The van der Waals surface area contributed by atoms with Crippen molar-refractivity contribution >= 4 is 17.0 Å². The van der Waals surface area contributed by atoms with Gasteiger partial charge in [0.2, 0.25) is 0 Å². The van der Waals surface area contributed by atoms with Gasteiger partial charge >= 0.3 is 0 Å². The van der Waals surface area contributed by atoms with Crippen molar-refractivity contribution < 1.29 is 14.2 Å². The lowest BCUT2D eigenvalue weighted by Crippen LogP contribution is -2.43. The molecule has 2 atom stereocenters. The molecule has 5 rings (SSSR count). The molecule has 0 fully saturated rings. The van der Waals surface area contributed by atoms with E-state index in [1.165, 1.54) is 4.88 Å². The van der Waals surface area contributed by atoms with Crippen LogP contribution >= 0.6 is 11.3 Å². The fourth-order valence-electron chi connectivity index (χ4n) is 3.95. The average Bonchev–Trinajstić information content (AvgIpc) is 3.45. The van der Waals surface area contributed by atoms with Crippen LogP contribution in [0, 0.1) is 0 Å². The molecule has 0 aliphatic carbocycles. The zero-order chi connectivity index (χ0) is 20.5. The Morgan fingerprint density at radius 2 is 1.83 bits per heavy atom. The number of fused-ring (bicyclic) bond motifs is 3. The second kappa shape index (κ2) is 8.05. The molecule has 1 N–H and O–H groups in total. The van der Waals surface area contributed by atoms with Crippen molar-refractivity contribution in [3.63, 3.8) is 0 Å². The number of rotatable bonds is 6. The highest BCUT2D eigenvalue weighted by Gasteiger charge is 2.41. The van der Waals surface area contributed by atoms with Gasteiger partial charge in [-0.3, -0.25) is 0 Å². The molecule has 6 heteroatoms. The number of para-hydroxylation sites is 1. The molecule has 3 heterocycles. The maximum atomic E-state index is 6.55. The summed E-state index contributed by atoms with van der Waals surface area (Å²) in [5.74, 6) is 2.45. The molecule has 5 nitrogen and oxygen atoms in total. The number of hydrogen-bond donors (Lipinski definition) is 1. The predicted octanol–water partition coefficient (Wildman–Crippen LogP) is 5.54. The third-order valence-electron chi connectivity index (χ3n) is 5.25. The number of nitrogens with zero attached hydrogens (tertiary/aromatic N) is 1. The van der Waals surface area contributed by atoms with Gasteiger partial charge in [-0.1, -0.05) is 30.3 Å². The summed E-state index contributed by atoms with van der Waals surface area (Å²) in [7, 11) is 0. The number of hydrazine groups is 1. The molecule has 30 heavy (non-hydrogen) atoms. The van der Waals surface area contributed by atoms with Crippen molar-refractivity contribution in [2.45, 2.75) is 26.1 Å². The van der Waals surface area contributed by atoms with Gasteiger partial charge in [-0.2, -0.15) is 5.01 Å². The first-order valence-electron chi connectivity index (χ1n) is 10.2. The lowest BCUT2D eigenvalue weighted by atomic mass is 10.0. The highest BCUT2D eigenvalue weighted by atomic mass is 32.1. The summed E-state index contributed by atoms with van der Waals surface area (Å²) in [6, 6.07) is 18.5. The Balaban J connectivity index is 1.56. The summed E-state index contributed by atoms with van der Waals surface area (Å²) < 4.78 is 18.0. The molecule has 0 spiro atoms. The summed E-state index contributed by atoms with van der Waals surface area (Å²) in [6.07, 6.45) is 1.97. The van der Waals surface area contributed by atoms with E-state index in [0.29, 0.717) is 13.2 Å². The Morgan fingerprint density at radius 1 is 1.00 bits per heavy atom. The van der Waals surface area contributed by atoms with Gasteiger partial charge in [0.25, 0.3) is 0 Å². The van der Waals surface area contributed by atoms with Gasteiger partial charge in [-0.05, 0) is 49.6 Å². The van der Waals surface area contributed by atoms with E-state index in [4.69, 9.17) is 14.2 Å². The van der Waals surface area contributed by atoms with Crippen molar-refractivity contribution in [2.75, 3.05) is 13.2 Å². The molecule has 0 saturated carbocycles. The van der Waals surface area contributed by atoms with Crippen LogP contribution in [-0.2, 0) is 0 Å². The molecule has 2 aliphatic rings. The normalized spacial score (nSPS) is 19.9. The first-order chi connectivity index (χ1) is 14.8. The Hall–Kier alpha value is -2.96. The monoisotopic (exact) mass is 420 g/mol. The summed E-state index contributed by atoms with van der Waals surface area (Å²) in [5.41, 5.74) is 6.83. The lowest BCUT2D eigenvalue weighted by Gasteiger charge is -2.39. The van der Waals surface area contributed by atoms with E-state index in [1.807, 2.05) is 38.1 Å². The van der Waals surface area contributed by atoms with E-state index in [1.54, 1.807) is 11.3 Å². The van der Waals surface area contributed by atoms with Crippen LogP contribution in [0.2, 0.25) is 0 Å². The quantitative estimate of drug-likeness (QED) is 0.567. The molecule has 0 radical (unpaired) electrons. The SMILES string of the molecule is CCOc1ccc(C2Oc3c(OCC)cccc3C3C=C(c4cccs4)NN32)cc1. The third kappa shape index (κ3) is 3.32. The van der Waals surface area contributed by atoms with Crippen molar-refractivity contribution in [1.82, 2.24) is 10.4 Å². The molecular weight excluding hydrogens is 396 g/mol. The maximum absolute atomic E-state index is 6.55. The van der Waals surface area contributed by atoms with Crippen molar-refractivity contribution in [3.05, 3.63) is 82.1 Å². The van der Waals surface area contributed by atoms with Crippen LogP contribution in [0.15, 0.2) is 66.1 Å². The van der Waals surface area contributed by atoms with Crippen LogP contribution in [0.4, 0.5) is 0 Å². The van der Waals surface area contributed by atoms with Gasteiger partial charge in [0.05, 0.1) is 29.8 Å². The highest BCUT2D eigenvalue weighted by Crippen LogP contribution is 2.49. The Morgan fingerprint density at radius 3 is 2.57 bits per heavy atom. The zero-order valence-corrected chi connectivity index (χ0v) is 17.8. The molecule has 0 saturated heterocycles. The van der Waals surface area contributed by atoms with Crippen LogP contribution in [0.1, 0.15) is 42.1 Å². The number of benzene rings is 2. The number of ether oxygens (including phenoxy) is 3. The summed E-state index contributed by atoms with van der Waals surface area (Å²) in [6.45, 7) is 5.22. The van der Waals surface area contributed by atoms with E-state index in [9.17, 15) is 0 Å². The average molecular weight is 421 g/mol. The summed E-state index contributed by atoms with van der Waals surface area (Å²) >= 11 is 1.72. The molecule has 154 valence electrons. The summed E-state index contributed by atoms with van der Waals surface area (Å²) in [4.78, 5) is 1.21. The minimum Gasteiger partial charge on any atom is -0.494 e. The first kappa shape index (κ1) is 19.0. The molecule has 0 bridgehead atoms. The van der Waals surface area contributed by atoms with Gasteiger partial charge in [0.15, 0.2) is 17.7 Å². The second-order valence-electron chi connectivity index (χ2n) is 7.10. The van der Waals surface area contributed by atoms with Crippen LogP contribution in [-0.4, -0.2) is 18.2 Å². The first-order valence-corrected chi connectivity index (χ1v) is 11.1. The maximum Gasteiger partial charge on any atom is 0.196 e. The van der Waals surface area contributed by atoms with E-state index in [0.717, 1.165) is 34.1 Å². The van der Waals surface area contributed by atoms with E-state index in [2.05, 4.69) is 52.2 Å². The van der Waals surface area contributed by atoms with Crippen molar-refractivity contribution in [2.24, 2.45) is 0 Å². The van der Waals surface area contributed by atoms with Gasteiger partial charge in [0, 0.05) is 11.1 Å². The predicted molar refractivity (Wildman–Crippen MR) is 119 cm³/mol. The lowest BCUT2D eigenvalue weighted by molar-refractivity contribution is -0.0345. The minimum atomic E-state index is -0.298. The molecule has 2 unspecified atom stereocenters. The van der Waals surface area contributed by atoms with E-state index >= 15 is 0 Å². The number of hydrogen-bond acceptors (Lipinski definition) is 6. The van der Waals surface area contributed by atoms with E-state index < -0.39 is 0 Å². The molecule has 0 amide bonds. The number of nitrogens with one attached hydrogen (secondary N) is 1. The van der Waals surface area contributed by atoms with Crippen LogP contribution in [0.5, 0.6) is 17.2 Å². The smallest absolute Gasteiger partial charge is 0.196 e. The molecule has 2 aliphatic heterocycles. The second-order valence-corrected chi connectivity index (χ2v) is 8.05. The number of thiophene rings is 1. The van der Waals surface area contributed by atoms with Crippen molar-refractivity contribution in [1.29, 1.82) is 0 Å². The minimum absolute atomic E-state index is 0.0443. The molecule has 1 aromatic heterocycles. The van der Waals surface area contributed by atoms with Gasteiger partial charge in [-0.25, -0.2) is 0 Å². The summed E-state index contributed by atoms with van der Waals surface area (Å²) in [5, 5.41) is 4.26. The van der Waals surface area contributed by atoms with Gasteiger partial charge in [0.1, 0.15) is 5.75 Å². The topological polar surface area (TPSA) is 43.0 Å². The highest BCUT2D eigenvalue weighted by molar-refractivity contribution is 7.11. The van der Waals surface area contributed by atoms with Crippen molar-refractivity contribution in [3.8, 4) is 17.2 Å². The van der Waals surface area contributed by atoms with Gasteiger partial charge in [-0.15, -0.1) is 11.3 Å². The Labute approximate surface area is 180 Å². The zero-order valence-electron chi connectivity index (χ0n) is 17.0. The van der Waals surface area contributed by atoms with Crippen LogP contribution in [0.25, 0.3) is 5.70 Å². The Kier molecular flexibility index (Phi) is 5.11. The third-order valence-corrected chi connectivity index (χ3v) is 6.15. The molecular formula is C24H24N2O3S. The molecule has 2 aromatic carbocycles.